The lowest BCUT2D eigenvalue weighted by molar-refractivity contribution is -0.0307. The van der Waals surface area contributed by atoms with E-state index in [9.17, 15) is 10.2 Å². The van der Waals surface area contributed by atoms with Crippen molar-refractivity contribution in [3.8, 4) is 0 Å². The summed E-state index contributed by atoms with van der Waals surface area (Å²) >= 11 is 1.41. The molecular weight excluding hydrogens is 282 g/mol. The third kappa shape index (κ3) is 1.70. The van der Waals surface area contributed by atoms with E-state index in [2.05, 4.69) is 15.0 Å². The summed E-state index contributed by atoms with van der Waals surface area (Å²) in [5.41, 5.74) is 5.97. The van der Waals surface area contributed by atoms with Gasteiger partial charge in [-0.1, -0.05) is 0 Å². The molecule has 0 spiro atoms. The molecule has 9 heteroatoms. The number of aliphatic imine (C=N–C) groups is 3. The maximum Gasteiger partial charge on any atom is 0.221 e. The van der Waals surface area contributed by atoms with Gasteiger partial charge in [0.1, 0.15) is 24.7 Å². The van der Waals surface area contributed by atoms with E-state index in [4.69, 9.17) is 10.5 Å². The van der Waals surface area contributed by atoms with Crippen molar-refractivity contribution in [1.82, 2.24) is 4.90 Å². The number of hydrogen-bond donors (Lipinski definition) is 3. The van der Waals surface area contributed by atoms with Gasteiger partial charge < -0.3 is 20.7 Å². The topological polar surface area (TPSA) is 116 Å². The summed E-state index contributed by atoms with van der Waals surface area (Å²) in [4.78, 5) is 13.7. The van der Waals surface area contributed by atoms with Crippen LogP contribution < -0.4 is 5.73 Å². The van der Waals surface area contributed by atoms with Crippen LogP contribution in [0.4, 0.5) is 0 Å². The Morgan fingerprint density at radius 3 is 2.80 bits per heavy atom. The van der Waals surface area contributed by atoms with Crippen molar-refractivity contribution < 1.29 is 14.9 Å². The maximum absolute atomic E-state index is 10.1. The van der Waals surface area contributed by atoms with Crippen LogP contribution in [-0.4, -0.2) is 75.5 Å². The number of ether oxygens (including phenoxy) is 1. The monoisotopic (exact) mass is 299 g/mol. The third-order valence-electron chi connectivity index (χ3n) is 3.77. The molecule has 0 bridgehead atoms. The summed E-state index contributed by atoms with van der Waals surface area (Å²) < 4.78 is 5.61. The Bertz CT molecular complexity index is 510. The number of aliphatic hydroxyl groups excluding tert-OH is 2. The van der Waals surface area contributed by atoms with Gasteiger partial charge in [0, 0.05) is 0 Å². The maximum atomic E-state index is 10.1. The molecule has 0 amide bonds. The normalized spacial score (nSPS) is 43.5. The number of thioether (sulfide) groups is 1. The lowest BCUT2D eigenvalue weighted by atomic mass is 10.1. The standard InChI is InChI=1S/C11H17N5O3S/c1-5-6(17)7(18)8(19-5)16-4-15-11(20-2)9(12)13-3-14-10(11)16/h4-8,17-18H,3H2,1-2H3,(H2,12,13)/t5-,6-,7-,8-,11?/m1/s1. The molecule has 110 valence electrons. The van der Waals surface area contributed by atoms with E-state index in [1.165, 1.54) is 11.8 Å². The van der Waals surface area contributed by atoms with E-state index in [-0.39, 0.29) is 6.67 Å². The number of rotatable bonds is 2. The highest BCUT2D eigenvalue weighted by Crippen LogP contribution is 2.37. The van der Waals surface area contributed by atoms with Crippen LogP contribution in [0.15, 0.2) is 15.0 Å². The van der Waals surface area contributed by atoms with Gasteiger partial charge in [-0.25, -0.2) is 15.0 Å². The summed E-state index contributed by atoms with van der Waals surface area (Å²) in [5, 5.41) is 19.9. The van der Waals surface area contributed by atoms with Crippen molar-refractivity contribution in [3.63, 3.8) is 0 Å². The van der Waals surface area contributed by atoms with Gasteiger partial charge in [-0.2, -0.15) is 0 Å². The van der Waals surface area contributed by atoms with Crippen LogP contribution in [0.25, 0.3) is 0 Å². The highest BCUT2D eigenvalue weighted by atomic mass is 32.2. The second-order valence-corrected chi connectivity index (χ2v) is 5.88. The quantitative estimate of drug-likeness (QED) is 0.576. The van der Waals surface area contributed by atoms with Crippen molar-refractivity contribution in [1.29, 1.82) is 0 Å². The Morgan fingerprint density at radius 2 is 2.20 bits per heavy atom. The van der Waals surface area contributed by atoms with Gasteiger partial charge in [0.05, 0.1) is 12.4 Å². The molecule has 1 unspecified atom stereocenters. The van der Waals surface area contributed by atoms with E-state index >= 15 is 0 Å². The zero-order valence-electron chi connectivity index (χ0n) is 11.2. The Hall–Kier alpha value is -1.16. The van der Waals surface area contributed by atoms with Gasteiger partial charge in [0.25, 0.3) is 0 Å². The summed E-state index contributed by atoms with van der Waals surface area (Å²) in [7, 11) is 0. The molecule has 4 N–H and O–H groups in total. The molecule has 0 aromatic heterocycles. The Morgan fingerprint density at radius 1 is 1.45 bits per heavy atom. The molecule has 3 rings (SSSR count). The molecule has 0 saturated carbocycles. The molecule has 20 heavy (non-hydrogen) atoms. The zero-order chi connectivity index (χ0) is 14.5. The van der Waals surface area contributed by atoms with Crippen LogP contribution in [0, 0.1) is 0 Å². The second kappa shape index (κ2) is 4.69. The van der Waals surface area contributed by atoms with Gasteiger partial charge >= 0.3 is 0 Å². The molecule has 0 aromatic carbocycles. The summed E-state index contributed by atoms with van der Waals surface area (Å²) in [6.45, 7) is 1.94. The zero-order valence-corrected chi connectivity index (χ0v) is 12.0. The predicted molar refractivity (Wildman–Crippen MR) is 76.9 cm³/mol. The Kier molecular flexibility index (Phi) is 3.24. The number of aliphatic hydroxyl groups is 2. The van der Waals surface area contributed by atoms with E-state index < -0.39 is 29.4 Å². The Labute approximate surface area is 120 Å². The minimum atomic E-state index is -1.03. The van der Waals surface area contributed by atoms with Crippen LogP contribution in [-0.2, 0) is 4.74 Å². The number of nitrogens with two attached hydrogens (primary N) is 1. The van der Waals surface area contributed by atoms with E-state index in [0.717, 1.165) is 0 Å². The first-order chi connectivity index (χ1) is 9.51. The van der Waals surface area contributed by atoms with Gasteiger partial charge in [0.15, 0.2) is 12.1 Å². The van der Waals surface area contributed by atoms with Crippen molar-refractivity contribution >= 4 is 29.8 Å². The molecule has 3 aliphatic rings. The molecule has 0 aliphatic carbocycles. The molecule has 1 saturated heterocycles. The number of hydrogen-bond acceptors (Lipinski definition) is 9. The summed E-state index contributed by atoms with van der Waals surface area (Å²) in [5.74, 6) is 0.970. The Balaban J connectivity index is 1.92. The summed E-state index contributed by atoms with van der Waals surface area (Å²) in [6.07, 6.45) is 0.268. The van der Waals surface area contributed by atoms with E-state index in [1.807, 2.05) is 6.26 Å². The van der Waals surface area contributed by atoms with Crippen molar-refractivity contribution in [2.75, 3.05) is 12.9 Å². The van der Waals surface area contributed by atoms with E-state index in [1.54, 1.807) is 18.2 Å². The SMILES string of the molecule is CSC12N=CN([C@@H]3O[C@H](C)[C@@H](O)[C@H]3O)C1=NCN=C2N. The lowest BCUT2D eigenvalue weighted by Crippen LogP contribution is -2.54. The number of nitrogens with zero attached hydrogens (tertiary/aromatic N) is 4. The van der Waals surface area contributed by atoms with Gasteiger partial charge in [-0.05, 0) is 13.2 Å². The van der Waals surface area contributed by atoms with Gasteiger partial charge in [-0.15, -0.1) is 11.8 Å². The average molecular weight is 299 g/mol. The first-order valence-electron chi connectivity index (χ1n) is 6.27. The molecule has 1 fully saturated rings. The third-order valence-corrected chi connectivity index (χ3v) is 4.85. The fraction of sp³-hybridized carbons (Fsp3) is 0.727. The fourth-order valence-corrected chi connectivity index (χ4v) is 3.36. The first kappa shape index (κ1) is 13.8. The van der Waals surface area contributed by atoms with Gasteiger partial charge in [0.2, 0.25) is 4.87 Å². The highest BCUT2D eigenvalue weighted by molar-refractivity contribution is 8.01. The van der Waals surface area contributed by atoms with Gasteiger partial charge in [-0.3, -0.25) is 4.90 Å². The molecule has 3 aliphatic heterocycles. The fourth-order valence-electron chi connectivity index (χ4n) is 2.58. The predicted octanol–water partition coefficient (Wildman–Crippen LogP) is -1.42. The largest absolute Gasteiger partial charge is 0.388 e. The number of amidine groups is 2. The number of fused-ring (bicyclic) bond motifs is 1. The smallest absolute Gasteiger partial charge is 0.221 e. The highest BCUT2D eigenvalue weighted by Gasteiger charge is 2.53. The molecule has 0 aromatic rings. The first-order valence-corrected chi connectivity index (χ1v) is 7.49. The van der Waals surface area contributed by atoms with Crippen molar-refractivity contribution in [3.05, 3.63) is 0 Å². The van der Waals surface area contributed by atoms with Crippen molar-refractivity contribution in [2.45, 2.75) is 36.3 Å². The molecule has 5 atom stereocenters. The minimum absolute atomic E-state index is 0.226. The molecular formula is C11H17N5O3S. The van der Waals surface area contributed by atoms with Crippen LogP contribution >= 0.6 is 11.8 Å². The molecule has 3 heterocycles. The second-order valence-electron chi connectivity index (χ2n) is 4.88. The molecule has 8 nitrogen and oxygen atoms in total. The minimum Gasteiger partial charge on any atom is -0.388 e. The average Bonchev–Trinajstić information content (AvgIpc) is 2.94. The van der Waals surface area contributed by atoms with Crippen LogP contribution in [0.1, 0.15) is 6.92 Å². The van der Waals surface area contributed by atoms with E-state index in [0.29, 0.717) is 11.7 Å². The van der Waals surface area contributed by atoms with Crippen LogP contribution in [0.3, 0.4) is 0 Å². The summed E-state index contributed by atoms with van der Waals surface area (Å²) in [6, 6.07) is 0. The molecule has 0 radical (unpaired) electrons. The van der Waals surface area contributed by atoms with Crippen molar-refractivity contribution in [2.24, 2.45) is 20.7 Å². The lowest BCUT2D eigenvalue weighted by Gasteiger charge is -2.33. The van der Waals surface area contributed by atoms with Crippen LogP contribution in [0.5, 0.6) is 0 Å². The van der Waals surface area contributed by atoms with Crippen LogP contribution in [0.2, 0.25) is 0 Å².